The number of aromatic nitrogens is 2. The number of benzene rings is 2. The molecular formula is C19H21N3O3. The molecule has 1 heterocycles. The number of amides is 1. The summed E-state index contributed by atoms with van der Waals surface area (Å²) in [6.07, 6.45) is 0.722. The van der Waals surface area contributed by atoms with Gasteiger partial charge in [0, 0.05) is 13.6 Å². The largest absolute Gasteiger partial charge is 0.497 e. The van der Waals surface area contributed by atoms with Crippen LogP contribution in [-0.4, -0.2) is 28.7 Å². The number of methoxy groups -OCH3 is 1. The lowest BCUT2D eigenvalue weighted by Crippen LogP contribution is -2.33. The summed E-state index contributed by atoms with van der Waals surface area (Å²) in [7, 11) is 3.34. The Morgan fingerprint density at radius 2 is 1.76 bits per heavy atom. The van der Waals surface area contributed by atoms with Crippen molar-refractivity contribution in [3.63, 3.8) is 0 Å². The van der Waals surface area contributed by atoms with Gasteiger partial charge in [-0.15, -0.1) is 0 Å². The minimum atomic E-state index is -0.188. The fraction of sp³-hybridized carbons (Fsp3) is 0.263. The molecule has 0 bridgehead atoms. The molecule has 0 unspecified atom stereocenters. The maximum atomic E-state index is 12.3. The molecule has 2 aromatic carbocycles. The van der Waals surface area contributed by atoms with E-state index in [9.17, 15) is 9.59 Å². The number of para-hydroxylation sites is 2. The van der Waals surface area contributed by atoms with Crippen LogP contribution < -0.4 is 15.7 Å². The third kappa shape index (κ3) is 3.57. The van der Waals surface area contributed by atoms with E-state index in [1.54, 1.807) is 18.7 Å². The summed E-state index contributed by atoms with van der Waals surface area (Å²) in [6, 6.07) is 15.2. The number of ether oxygens (including phenoxy) is 1. The molecule has 0 saturated carbocycles. The minimum Gasteiger partial charge on any atom is -0.497 e. The van der Waals surface area contributed by atoms with Crippen molar-refractivity contribution in [2.45, 2.75) is 13.0 Å². The molecule has 0 aliphatic rings. The van der Waals surface area contributed by atoms with E-state index in [-0.39, 0.29) is 18.1 Å². The van der Waals surface area contributed by atoms with Crippen LogP contribution in [0.5, 0.6) is 5.75 Å². The molecule has 0 saturated heterocycles. The predicted molar refractivity (Wildman–Crippen MR) is 96.9 cm³/mol. The summed E-state index contributed by atoms with van der Waals surface area (Å²) >= 11 is 0. The van der Waals surface area contributed by atoms with Crippen LogP contribution in [0.2, 0.25) is 0 Å². The summed E-state index contributed by atoms with van der Waals surface area (Å²) in [5.74, 6) is 0.634. The first-order valence-corrected chi connectivity index (χ1v) is 8.14. The highest BCUT2D eigenvalue weighted by Gasteiger charge is 2.12. The standard InChI is InChI=1S/C19H21N3O3/c1-21-16-5-3-4-6-17(16)22(19(21)24)13-18(23)20-12-11-14-7-9-15(25-2)10-8-14/h3-10H,11-13H2,1-2H3,(H,20,23). The van der Waals surface area contributed by atoms with Crippen LogP contribution in [0.4, 0.5) is 0 Å². The Kier molecular flexibility index (Phi) is 4.88. The normalized spacial score (nSPS) is 10.8. The van der Waals surface area contributed by atoms with Crippen molar-refractivity contribution in [2.24, 2.45) is 7.05 Å². The van der Waals surface area contributed by atoms with Crippen LogP contribution in [0.15, 0.2) is 53.3 Å². The van der Waals surface area contributed by atoms with E-state index in [0.29, 0.717) is 6.54 Å². The zero-order chi connectivity index (χ0) is 17.8. The van der Waals surface area contributed by atoms with Crippen molar-refractivity contribution in [1.82, 2.24) is 14.5 Å². The quantitative estimate of drug-likeness (QED) is 0.743. The molecule has 0 atom stereocenters. The molecule has 3 aromatic rings. The van der Waals surface area contributed by atoms with Crippen LogP contribution in [0.3, 0.4) is 0 Å². The fourth-order valence-electron chi connectivity index (χ4n) is 2.85. The zero-order valence-electron chi connectivity index (χ0n) is 14.4. The monoisotopic (exact) mass is 339 g/mol. The third-order valence-corrected chi connectivity index (χ3v) is 4.25. The summed E-state index contributed by atoms with van der Waals surface area (Å²) in [4.78, 5) is 24.5. The number of carbonyl (C=O) groups is 1. The number of hydrogen-bond acceptors (Lipinski definition) is 3. The van der Waals surface area contributed by atoms with Gasteiger partial charge in [0.15, 0.2) is 0 Å². The zero-order valence-corrected chi connectivity index (χ0v) is 14.4. The highest BCUT2D eigenvalue weighted by atomic mass is 16.5. The van der Waals surface area contributed by atoms with Gasteiger partial charge in [0.2, 0.25) is 5.91 Å². The lowest BCUT2D eigenvalue weighted by molar-refractivity contribution is -0.121. The van der Waals surface area contributed by atoms with Gasteiger partial charge in [-0.3, -0.25) is 13.9 Å². The first-order chi connectivity index (χ1) is 12.1. The summed E-state index contributed by atoms with van der Waals surface area (Å²) in [5, 5.41) is 2.87. The molecule has 130 valence electrons. The molecule has 6 heteroatoms. The Labute approximate surface area is 145 Å². The van der Waals surface area contributed by atoms with E-state index in [0.717, 1.165) is 28.8 Å². The van der Waals surface area contributed by atoms with Gasteiger partial charge < -0.3 is 10.1 Å². The second-order valence-corrected chi connectivity index (χ2v) is 5.86. The molecular weight excluding hydrogens is 318 g/mol. The van der Waals surface area contributed by atoms with Crippen molar-refractivity contribution in [1.29, 1.82) is 0 Å². The number of fused-ring (bicyclic) bond motifs is 1. The van der Waals surface area contributed by atoms with Crippen LogP contribution in [0.1, 0.15) is 5.56 Å². The summed E-state index contributed by atoms with van der Waals surface area (Å²) in [6.45, 7) is 0.535. The summed E-state index contributed by atoms with van der Waals surface area (Å²) in [5.41, 5.74) is 2.51. The van der Waals surface area contributed by atoms with E-state index in [4.69, 9.17) is 4.74 Å². The van der Waals surface area contributed by atoms with Gasteiger partial charge >= 0.3 is 5.69 Å². The Hall–Kier alpha value is -3.02. The molecule has 0 fully saturated rings. The first kappa shape index (κ1) is 16.8. The Morgan fingerprint density at radius 3 is 2.44 bits per heavy atom. The van der Waals surface area contributed by atoms with Gasteiger partial charge in [0.25, 0.3) is 0 Å². The van der Waals surface area contributed by atoms with Gasteiger partial charge in [0.05, 0.1) is 18.1 Å². The predicted octanol–water partition coefficient (Wildman–Crippen LogP) is 1.71. The van der Waals surface area contributed by atoms with Gasteiger partial charge in [-0.2, -0.15) is 0 Å². The molecule has 0 aliphatic heterocycles. The number of nitrogens with zero attached hydrogens (tertiary/aromatic N) is 2. The van der Waals surface area contributed by atoms with E-state index >= 15 is 0 Å². The van der Waals surface area contributed by atoms with E-state index in [1.807, 2.05) is 48.5 Å². The Balaban J connectivity index is 1.61. The van der Waals surface area contributed by atoms with Gasteiger partial charge in [0.1, 0.15) is 12.3 Å². The van der Waals surface area contributed by atoms with Crippen molar-refractivity contribution in [3.05, 3.63) is 64.6 Å². The molecule has 25 heavy (non-hydrogen) atoms. The fourth-order valence-corrected chi connectivity index (χ4v) is 2.85. The second kappa shape index (κ2) is 7.25. The number of aryl methyl sites for hydroxylation is 1. The van der Waals surface area contributed by atoms with Crippen molar-refractivity contribution >= 4 is 16.9 Å². The Morgan fingerprint density at radius 1 is 1.08 bits per heavy atom. The smallest absolute Gasteiger partial charge is 0.329 e. The highest BCUT2D eigenvalue weighted by molar-refractivity contribution is 5.80. The van der Waals surface area contributed by atoms with Gasteiger partial charge in [-0.25, -0.2) is 4.79 Å². The van der Waals surface area contributed by atoms with Crippen LogP contribution in [0.25, 0.3) is 11.0 Å². The Bertz CT molecular complexity index is 939. The molecule has 0 spiro atoms. The lowest BCUT2D eigenvalue weighted by atomic mass is 10.1. The highest BCUT2D eigenvalue weighted by Crippen LogP contribution is 2.12. The molecule has 0 radical (unpaired) electrons. The molecule has 1 N–H and O–H groups in total. The number of carbonyl (C=O) groups excluding carboxylic acids is 1. The maximum Gasteiger partial charge on any atom is 0.329 e. The number of rotatable bonds is 6. The second-order valence-electron chi connectivity index (χ2n) is 5.86. The van der Waals surface area contributed by atoms with Gasteiger partial charge in [-0.1, -0.05) is 24.3 Å². The van der Waals surface area contributed by atoms with Crippen molar-refractivity contribution < 1.29 is 9.53 Å². The average Bonchev–Trinajstić information content (AvgIpc) is 2.88. The third-order valence-electron chi connectivity index (χ3n) is 4.25. The SMILES string of the molecule is COc1ccc(CCNC(=O)Cn2c(=O)n(C)c3ccccc32)cc1. The van der Waals surface area contributed by atoms with Crippen LogP contribution in [-0.2, 0) is 24.8 Å². The molecule has 0 aliphatic carbocycles. The minimum absolute atomic E-state index is 0.0167. The maximum absolute atomic E-state index is 12.3. The summed E-state index contributed by atoms with van der Waals surface area (Å²) < 4.78 is 8.18. The van der Waals surface area contributed by atoms with E-state index < -0.39 is 0 Å². The lowest BCUT2D eigenvalue weighted by Gasteiger charge is -2.07. The molecule has 1 aromatic heterocycles. The van der Waals surface area contributed by atoms with Crippen LogP contribution >= 0.6 is 0 Å². The number of hydrogen-bond donors (Lipinski definition) is 1. The average molecular weight is 339 g/mol. The number of nitrogens with one attached hydrogen (secondary N) is 1. The van der Waals surface area contributed by atoms with Crippen molar-refractivity contribution in [3.8, 4) is 5.75 Å². The topological polar surface area (TPSA) is 65.3 Å². The molecule has 6 nitrogen and oxygen atoms in total. The number of imidazole rings is 1. The van der Waals surface area contributed by atoms with Gasteiger partial charge in [-0.05, 0) is 36.2 Å². The van der Waals surface area contributed by atoms with E-state index in [2.05, 4.69) is 5.32 Å². The van der Waals surface area contributed by atoms with Crippen LogP contribution in [0, 0.1) is 0 Å². The van der Waals surface area contributed by atoms with Crippen molar-refractivity contribution in [2.75, 3.05) is 13.7 Å². The molecule has 3 rings (SSSR count). The van der Waals surface area contributed by atoms with E-state index in [1.165, 1.54) is 4.57 Å². The first-order valence-electron chi connectivity index (χ1n) is 8.14. The molecule has 1 amide bonds.